The summed E-state index contributed by atoms with van der Waals surface area (Å²) >= 11 is 0. The van der Waals surface area contributed by atoms with Crippen LogP contribution >= 0.6 is 0 Å². The Hall–Kier alpha value is -1.17. The molecule has 2 aliphatic rings. The van der Waals surface area contributed by atoms with E-state index in [2.05, 4.69) is 16.9 Å². The van der Waals surface area contributed by atoms with E-state index in [1.807, 2.05) is 37.3 Å². The molecule has 0 radical (unpaired) electrons. The average Bonchev–Trinajstić information content (AvgIpc) is 2.41. The third-order valence-electron chi connectivity index (χ3n) is 4.66. The zero-order valence-corrected chi connectivity index (χ0v) is 12.4. The van der Waals surface area contributed by atoms with E-state index in [4.69, 9.17) is 4.74 Å². The molecule has 3 rings (SSSR count). The lowest BCUT2D eigenvalue weighted by Gasteiger charge is -2.50. The number of hydrogen-bond donors (Lipinski definition) is 1. The van der Waals surface area contributed by atoms with Crippen molar-refractivity contribution in [3.63, 3.8) is 0 Å². The minimum Gasteiger partial charge on any atom is -0.385 e. The molecular formula is C15H23N3O2. The molecule has 1 N–H and O–H groups in total. The fourth-order valence-corrected chi connectivity index (χ4v) is 3.30. The highest BCUT2D eigenvalue weighted by Gasteiger charge is 2.45. The molecule has 2 bridgehead atoms. The van der Waals surface area contributed by atoms with E-state index in [0.717, 1.165) is 11.4 Å². The van der Waals surface area contributed by atoms with Crippen LogP contribution in [-0.4, -0.2) is 61.4 Å². The maximum absolute atomic E-state index is 11.1. The summed E-state index contributed by atoms with van der Waals surface area (Å²) in [6.45, 7) is 1.41. The van der Waals surface area contributed by atoms with E-state index in [-0.39, 0.29) is 0 Å². The maximum atomic E-state index is 11.1. The molecule has 1 aromatic rings. The molecule has 0 aliphatic carbocycles. The molecule has 1 aromatic heterocycles. The molecule has 0 saturated carbocycles. The lowest BCUT2D eigenvalue weighted by atomic mass is 9.77. The highest BCUT2D eigenvalue weighted by atomic mass is 16.5. The minimum atomic E-state index is -0.774. The number of anilines is 1. The van der Waals surface area contributed by atoms with Crippen molar-refractivity contribution in [2.75, 3.05) is 39.3 Å². The minimum absolute atomic E-state index is 0.293. The number of likely N-dealkylation sites (N-methyl/N-ethyl adjacent to an activating group) is 1. The molecule has 0 spiro atoms. The summed E-state index contributed by atoms with van der Waals surface area (Å²) in [4.78, 5) is 8.74. The van der Waals surface area contributed by atoms with E-state index in [0.29, 0.717) is 38.1 Å². The van der Waals surface area contributed by atoms with Gasteiger partial charge >= 0.3 is 0 Å². The lowest BCUT2D eigenvalue weighted by molar-refractivity contribution is -0.137. The van der Waals surface area contributed by atoms with Gasteiger partial charge in [-0.1, -0.05) is 6.07 Å². The number of morpholine rings is 1. The average molecular weight is 277 g/mol. The Labute approximate surface area is 120 Å². The Balaban J connectivity index is 1.85. The highest BCUT2D eigenvalue weighted by molar-refractivity contribution is 5.38. The number of fused-ring (bicyclic) bond motifs is 2. The van der Waals surface area contributed by atoms with E-state index in [1.54, 1.807) is 0 Å². The van der Waals surface area contributed by atoms with Crippen LogP contribution in [0.3, 0.4) is 0 Å². The van der Waals surface area contributed by atoms with Crippen molar-refractivity contribution in [2.45, 2.75) is 30.5 Å². The first-order chi connectivity index (χ1) is 9.49. The number of nitrogens with zero attached hydrogens (tertiary/aromatic N) is 3. The molecule has 3 heterocycles. The topological polar surface area (TPSA) is 48.8 Å². The summed E-state index contributed by atoms with van der Waals surface area (Å²) in [5.41, 5.74) is 0.150. The largest absolute Gasteiger partial charge is 0.385 e. The second-order valence-corrected chi connectivity index (χ2v) is 6.25. The Morgan fingerprint density at radius 3 is 2.45 bits per heavy atom. The van der Waals surface area contributed by atoms with Gasteiger partial charge in [0.1, 0.15) is 5.82 Å². The van der Waals surface area contributed by atoms with Gasteiger partial charge in [0.2, 0.25) is 0 Å². The second kappa shape index (κ2) is 4.98. The molecule has 2 aliphatic heterocycles. The monoisotopic (exact) mass is 277 g/mol. The van der Waals surface area contributed by atoms with Crippen LogP contribution in [0.2, 0.25) is 0 Å². The molecule has 0 amide bonds. The van der Waals surface area contributed by atoms with Crippen LogP contribution in [0.1, 0.15) is 18.4 Å². The van der Waals surface area contributed by atoms with Crippen LogP contribution < -0.4 is 4.90 Å². The van der Waals surface area contributed by atoms with Gasteiger partial charge in [0.05, 0.1) is 18.8 Å². The van der Waals surface area contributed by atoms with Gasteiger partial charge in [-0.05, 0) is 26.0 Å². The van der Waals surface area contributed by atoms with E-state index in [1.165, 1.54) is 0 Å². The van der Waals surface area contributed by atoms with Gasteiger partial charge in [0.15, 0.2) is 0 Å². The first-order valence-corrected chi connectivity index (χ1v) is 7.15. The standard InChI is InChI=1S/C15H23N3O2/c1-17(2)14-5-4-11(8-16-14)15(19)6-12-9-20-10-13(7-15)18(12)3/h4-5,8,12-13,19H,6-7,9-10H2,1-3H3. The molecule has 5 heteroatoms. The van der Waals surface area contributed by atoms with Gasteiger partial charge < -0.3 is 14.7 Å². The number of ether oxygens (including phenoxy) is 1. The molecule has 110 valence electrons. The maximum Gasteiger partial charge on any atom is 0.127 e. The Morgan fingerprint density at radius 2 is 1.95 bits per heavy atom. The fourth-order valence-electron chi connectivity index (χ4n) is 3.30. The summed E-state index contributed by atoms with van der Waals surface area (Å²) in [6.07, 6.45) is 3.24. The quantitative estimate of drug-likeness (QED) is 0.867. The zero-order chi connectivity index (χ0) is 14.3. The van der Waals surface area contributed by atoms with Gasteiger partial charge in [-0.2, -0.15) is 0 Å². The van der Waals surface area contributed by atoms with Crippen LogP contribution in [0.15, 0.2) is 18.3 Å². The van der Waals surface area contributed by atoms with E-state index < -0.39 is 5.60 Å². The smallest absolute Gasteiger partial charge is 0.127 e. The van der Waals surface area contributed by atoms with Gasteiger partial charge in [-0.3, -0.25) is 4.90 Å². The molecule has 0 aromatic carbocycles. The number of piperidine rings is 1. The predicted molar refractivity (Wildman–Crippen MR) is 77.9 cm³/mol. The number of aromatic nitrogens is 1. The third kappa shape index (κ3) is 2.30. The SMILES string of the molecule is CN(C)c1ccc(C2(O)CC3COCC(C2)N3C)cn1. The summed E-state index contributed by atoms with van der Waals surface area (Å²) in [6, 6.07) is 4.56. The molecule has 2 unspecified atom stereocenters. The highest BCUT2D eigenvalue weighted by Crippen LogP contribution is 2.40. The van der Waals surface area contributed by atoms with Gasteiger partial charge in [-0.15, -0.1) is 0 Å². The van der Waals surface area contributed by atoms with Crippen molar-refractivity contribution in [2.24, 2.45) is 0 Å². The van der Waals surface area contributed by atoms with Gasteiger partial charge in [-0.25, -0.2) is 4.98 Å². The van der Waals surface area contributed by atoms with Crippen LogP contribution in [0, 0.1) is 0 Å². The Bertz CT molecular complexity index is 461. The molecule has 2 fully saturated rings. The normalized spacial score (nSPS) is 34.0. The Kier molecular flexibility index (Phi) is 3.44. The summed E-state index contributed by atoms with van der Waals surface area (Å²) in [7, 11) is 6.06. The molecule has 20 heavy (non-hydrogen) atoms. The van der Waals surface area contributed by atoms with Crippen molar-refractivity contribution < 1.29 is 9.84 Å². The summed E-state index contributed by atoms with van der Waals surface area (Å²) < 4.78 is 5.61. The van der Waals surface area contributed by atoms with Crippen LogP contribution in [0.5, 0.6) is 0 Å². The number of pyridine rings is 1. The van der Waals surface area contributed by atoms with Crippen molar-refractivity contribution in [3.05, 3.63) is 23.9 Å². The third-order valence-corrected chi connectivity index (χ3v) is 4.66. The number of aliphatic hydroxyl groups is 1. The Morgan fingerprint density at radius 1 is 1.30 bits per heavy atom. The summed E-state index contributed by atoms with van der Waals surface area (Å²) in [5, 5.41) is 11.1. The molecule has 2 atom stereocenters. The lowest BCUT2D eigenvalue weighted by Crippen LogP contribution is -2.59. The van der Waals surface area contributed by atoms with Crippen molar-refractivity contribution in [1.29, 1.82) is 0 Å². The fraction of sp³-hybridized carbons (Fsp3) is 0.667. The first kappa shape index (κ1) is 13.8. The predicted octanol–water partition coefficient (Wildman–Crippen LogP) is 0.828. The molecule has 5 nitrogen and oxygen atoms in total. The second-order valence-electron chi connectivity index (χ2n) is 6.25. The van der Waals surface area contributed by atoms with E-state index in [9.17, 15) is 5.11 Å². The number of rotatable bonds is 2. The van der Waals surface area contributed by atoms with Crippen molar-refractivity contribution in [3.8, 4) is 0 Å². The van der Waals surface area contributed by atoms with Crippen LogP contribution in [-0.2, 0) is 10.3 Å². The van der Waals surface area contributed by atoms with Crippen molar-refractivity contribution in [1.82, 2.24) is 9.88 Å². The van der Waals surface area contributed by atoms with Gasteiger partial charge in [0, 0.05) is 37.9 Å². The van der Waals surface area contributed by atoms with Gasteiger partial charge in [0.25, 0.3) is 0 Å². The first-order valence-electron chi connectivity index (χ1n) is 7.15. The van der Waals surface area contributed by atoms with Crippen molar-refractivity contribution >= 4 is 5.82 Å². The zero-order valence-electron chi connectivity index (χ0n) is 12.4. The molecular weight excluding hydrogens is 254 g/mol. The van der Waals surface area contributed by atoms with Crippen LogP contribution in [0.4, 0.5) is 5.82 Å². The van der Waals surface area contributed by atoms with Crippen LogP contribution in [0.25, 0.3) is 0 Å². The summed E-state index contributed by atoms with van der Waals surface area (Å²) in [5.74, 6) is 0.911. The van der Waals surface area contributed by atoms with E-state index >= 15 is 0 Å². The number of hydrogen-bond acceptors (Lipinski definition) is 5. The molecule has 2 saturated heterocycles.